The van der Waals surface area contributed by atoms with E-state index in [0.29, 0.717) is 32.4 Å². The third-order valence-electron chi connectivity index (χ3n) is 7.32. The molecule has 7 nitrogen and oxygen atoms in total. The van der Waals surface area contributed by atoms with Gasteiger partial charge in [-0.25, -0.2) is 0 Å². The zero-order valence-electron chi connectivity index (χ0n) is 20.2. The number of carbonyl (C=O) groups is 3. The summed E-state index contributed by atoms with van der Waals surface area (Å²) >= 11 is 5.34. The maximum absolute atomic E-state index is 14.1. The first kappa shape index (κ1) is 27.3. The van der Waals surface area contributed by atoms with Crippen molar-refractivity contribution < 1.29 is 24.2 Å². The summed E-state index contributed by atoms with van der Waals surface area (Å²) < 4.78 is 4.80. The number of amides is 2. The quantitative estimate of drug-likeness (QED) is 0.162. The summed E-state index contributed by atoms with van der Waals surface area (Å²) in [6.07, 6.45) is 6.86. The van der Waals surface area contributed by atoms with Gasteiger partial charge in [-0.05, 0) is 25.7 Å². The van der Waals surface area contributed by atoms with Crippen LogP contribution >= 0.6 is 27.7 Å². The van der Waals surface area contributed by atoms with Gasteiger partial charge in [0, 0.05) is 23.2 Å². The molecule has 0 saturated carbocycles. The molecule has 0 aromatic heterocycles. The van der Waals surface area contributed by atoms with Gasteiger partial charge in [0.1, 0.15) is 6.04 Å². The summed E-state index contributed by atoms with van der Waals surface area (Å²) in [5.74, 6) is -1.99. The second-order valence-electron chi connectivity index (χ2n) is 9.33. The molecule has 3 saturated heterocycles. The molecule has 0 aromatic rings. The Kier molecular flexibility index (Phi) is 9.31. The number of carbonyl (C=O) groups excluding carboxylic acids is 3. The van der Waals surface area contributed by atoms with Crippen LogP contribution in [0.15, 0.2) is 25.3 Å². The monoisotopic (exact) mass is 556 g/mol. The molecule has 3 aliphatic heterocycles. The molecular weight excluding hydrogens is 520 g/mol. The van der Waals surface area contributed by atoms with Gasteiger partial charge in [0.25, 0.3) is 0 Å². The number of esters is 1. The molecule has 1 spiro atoms. The molecule has 3 aliphatic rings. The van der Waals surface area contributed by atoms with Gasteiger partial charge in [-0.3, -0.25) is 14.4 Å². The van der Waals surface area contributed by atoms with E-state index in [2.05, 4.69) is 36.0 Å². The Morgan fingerprint density at radius 1 is 1.38 bits per heavy atom. The van der Waals surface area contributed by atoms with Gasteiger partial charge < -0.3 is 19.6 Å². The van der Waals surface area contributed by atoms with E-state index >= 15 is 0 Å². The molecule has 0 radical (unpaired) electrons. The van der Waals surface area contributed by atoms with Gasteiger partial charge in [0.05, 0.1) is 35.8 Å². The Labute approximate surface area is 215 Å². The third kappa shape index (κ3) is 4.60. The van der Waals surface area contributed by atoms with Crippen molar-refractivity contribution in [2.45, 2.75) is 72.9 Å². The molecule has 9 heteroatoms. The second kappa shape index (κ2) is 11.6. The first-order chi connectivity index (χ1) is 16.3. The van der Waals surface area contributed by atoms with Gasteiger partial charge >= 0.3 is 5.97 Å². The van der Waals surface area contributed by atoms with Crippen molar-refractivity contribution in [2.75, 3.05) is 26.3 Å². The number of likely N-dealkylation sites (tertiary alicyclic amines) is 1. The predicted octanol–water partition coefficient (Wildman–Crippen LogP) is 3.16. The smallest absolute Gasteiger partial charge is 0.310 e. The number of nitrogens with zero attached hydrogens (tertiary/aromatic N) is 2. The van der Waals surface area contributed by atoms with Crippen LogP contribution in [0.2, 0.25) is 0 Å². The molecule has 3 fully saturated rings. The van der Waals surface area contributed by atoms with E-state index in [9.17, 15) is 19.5 Å². The molecule has 0 aromatic carbocycles. The molecule has 3 heterocycles. The van der Waals surface area contributed by atoms with E-state index in [4.69, 9.17) is 4.74 Å². The average Bonchev–Trinajstić information content (AvgIpc) is 3.41. The highest BCUT2D eigenvalue weighted by Crippen LogP contribution is 2.68. The lowest BCUT2D eigenvalue weighted by Gasteiger charge is -2.39. The van der Waals surface area contributed by atoms with Crippen molar-refractivity contribution in [1.82, 2.24) is 9.80 Å². The molecule has 2 amide bonds. The minimum atomic E-state index is -0.736. The van der Waals surface area contributed by atoms with Crippen LogP contribution in [-0.4, -0.2) is 85.9 Å². The summed E-state index contributed by atoms with van der Waals surface area (Å²) in [4.78, 5) is 44.6. The minimum Gasteiger partial charge on any atom is -0.465 e. The first-order valence-corrected chi connectivity index (χ1v) is 14.0. The van der Waals surface area contributed by atoms with Crippen LogP contribution in [0.4, 0.5) is 0 Å². The highest BCUT2D eigenvalue weighted by Gasteiger charge is 2.76. The Morgan fingerprint density at radius 3 is 2.71 bits per heavy atom. The molecular formula is C25H37BrN2O5S. The molecule has 3 rings (SSSR count). The number of unbranched alkanes of at least 4 members (excludes halogenated alkanes) is 1. The van der Waals surface area contributed by atoms with E-state index in [-0.39, 0.29) is 41.1 Å². The first-order valence-electron chi connectivity index (χ1n) is 12.2. The van der Waals surface area contributed by atoms with Crippen molar-refractivity contribution in [3.05, 3.63) is 25.3 Å². The average molecular weight is 558 g/mol. The van der Waals surface area contributed by atoms with Gasteiger partial charge in [0.15, 0.2) is 0 Å². The summed E-state index contributed by atoms with van der Waals surface area (Å²) in [5, 5.41) is 10.00. The predicted molar refractivity (Wildman–Crippen MR) is 138 cm³/mol. The lowest BCUT2D eigenvalue weighted by molar-refractivity contribution is -0.154. The number of rotatable bonds is 13. The third-order valence-corrected chi connectivity index (χ3v) is 10.5. The summed E-state index contributed by atoms with van der Waals surface area (Å²) in [7, 11) is 0. The van der Waals surface area contributed by atoms with Crippen LogP contribution < -0.4 is 0 Å². The van der Waals surface area contributed by atoms with Crippen LogP contribution in [0.5, 0.6) is 0 Å². The molecule has 3 unspecified atom stereocenters. The van der Waals surface area contributed by atoms with Crippen molar-refractivity contribution in [3.8, 4) is 0 Å². The Hall–Kier alpha value is -1.32. The maximum Gasteiger partial charge on any atom is 0.310 e. The Balaban J connectivity index is 2.04. The molecule has 1 N–H and O–H groups in total. The molecule has 2 bridgehead atoms. The number of aliphatic hydroxyl groups excluding tert-OH is 1. The van der Waals surface area contributed by atoms with Crippen LogP contribution in [0.25, 0.3) is 0 Å². The van der Waals surface area contributed by atoms with E-state index in [1.807, 2.05) is 6.92 Å². The highest BCUT2D eigenvalue weighted by molar-refractivity contribution is 9.09. The van der Waals surface area contributed by atoms with Crippen molar-refractivity contribution >= 4 is 45.5 Å². The Bertz CT molecular complexity index is 806. The number of hydrogen-bond donors (Lipinski definition) is 1. The van der Waals surface area contributed by atoms with E-state index in [0.717, 1.165) is 12.8 Å². The maximum atomic E-state index is 14.1. The van der Waals surface area contributed by atoms with Gasteiger partial charge in [0.2, 0.25) is 11.8 Å². The summed E-state index contributed by atoms with van der Waals surface area (Å²) in [5.41, 5.74) is 0. The molecule has 34 heavy (non-hydrogen) atoms. The van der Waals surface area contributed by atoms with Gasteiger partial charge in [-0.2, -0.15) is 0 Å². The van der Waals surface area contributed by atoms with E-state index < -0.39 is 28.7 Å². The number of aliphatic hydroxyl groups is 1. The normalized spacial score (nSPS) is 32.4. The van der Waals surface area contributed by atoms with Crippen molar-refractivity contribution in [1.29, 1.82) is 0 Å². The summed E-state index contributed by atoms with van der Waals surface area (Å²) in [6, 6.07) is -1.22. The molecule has 190 valence electrons. The van der Waals surface area contributed by atoms with Crippen LogP contribution in [0, 0.1) is 11.8 Å². The lowest BCUT2D eigenvalue weighted by Crippen LogP contribution is -2.57. The highest BCUT2D eigenvalue weighted by atomic mass is 79.9. The zero-order chi connectivity index (χ0) is 25.0. The van der Waals surface area contributed by atoms with Crippen LogP contribution in [0.1, 0.15) is 46.0 Å². The van der Waals surface area contributed by atoms with E-state index in [1.165, 1.54) is 0 Å². The Morgan fingerprint density at radius 2 is 2.12 bits per heavy atom. The van der Waals surface area contributed by atoms with Crippen LogP contribution in [0.3, 0.4) is 0 Å². The largest absolute Gasteiger partial charge is 0.465 e. The number of hydrogen-bond acceptors (Lipinski definition) is 6. The fourth-order valence-electron chi connectivity index (χ4n) is 5.73. The fraction of sp³-hybridized carbons (Fsp3) is 0.720. The van der Waals surface area contributed by atoms with Gasteiger partial charge in [-0.1, -0.05) is 48.4 Å². The van der Waals surface area contributed by atoms with Crippen molar-refractivity contribution in [2.24, 2.45) is 11.8 Å². The fourth-order valence-corrected chi connectivity index (χ4v) is 9.31. The number of thioether (sulfide) groups is 1. The molecule has 7 atom stereocenters. The molecule has 0 aliphatic carbocycles. The number of fused-ring (bicyclic) bond motifs is 1. The standard InChI is InChI=1S/C25H37BrN2O5S/c1-5-9-12-27(11-7-3)23(31)21-25-14-17(26)20(34-25)18(24(32)33-13-10-6-2)19(25)22(30)28(21)16(8-4)15-29/h6-7,16-21,29H,2-3,5,8-15H2,1,4H3/t16-,17?,18-,19-,20-,21?,25?/m0/s1. The van der Waals surface area contributed by atoms with Crippen molar-refractivity contribution in [3.63, 3.8) is 0 Å². The topological polar surface area (TPSA) is 87.1 Å². The number of ether oxygens (including phenoxy) is 1. The van der Waals surface area contributed by atoms with Crippen LogP contribution in [-0.2, 0) is 19.1 Å². The zero-order valence-corrected chi connectivity index (χ0v) is 22.6. The summed E-state index contributed by atoms with van der Waals surface area (Å²) in [6.45, 7) is 12.4. The van der Waals surface area contributed by atoms with E-state index in [1.54, 1.807) is 33.7 Å². The second-order valence-corrected chi connectivity index (χ2v) is 12.0. The SMILES string of the molecule is C=CCCOC(=O)[C@H]1[C@H]2C(=O)N([C@@H](CC)CO)C(C(=O)N(CC=C)CCCC)C23CC(Br)[C@@H]1S3. The number of halogens is 1. The minimum absolute atomic E-state index is 0.00791. The number of alkyl halides is 1. The lowest BCUT2D eigenvalue weighted by atomic mass is 9.71. The van der Waals surface area contributed by atoms with Gasteiger partial charge in [-0.15, -0.1) is 24.9 Å².